The van der Waals surface area contributed by atoms with Gasteiger partial charge in [-0.1, -0.05) is 6.07 Å². The van der Waals surface area contributed by atoms with Crippen LogP contribution in [0.2, 0.25) is 0 Å². The van der Waals surface area contributed by atoms with Crippen LogP contribution in [-0.2, 0) is 19.0 Å². The van der Waals surface area contributed by atoms with Crippen molar-refractivity contribution < 1.29 is 17.6 Å². The highest BCUT2D eigenvalue weighted by Crippen LogP contribution is 2.34. The minimum absolute atomic E-state index is 0.253. The summed E-state index contributed by atoms with van der Waals surface area (Å²) in [7, 11) is 0. The van der Waals surface area contributed by atoms with E-state index in [0.717, 1.165) is 36.4 Å². The molecule has 1 atom stereocenters. The number of nitrogens with two attached hydrogens (primary N) is 1. The summed E-state index contributed by atoms with van der Waals surface area (Å²) in [5.41, 5.74) is 6.15. The van der Waals surface area contributed by atoms with Gasteiger partial charge in [0.15, 0.2) is 0 Å². The molecule has 1 unspecified atom stereocenters. The van der Waals surface area contributed by atoms with Crippen LogP contribution in [0.1, 0.15) is 23.4 Å². The second-order valence-corrected chi connectivity index (χ2v) is 5.31. The molecule has 0 fully saturated rings. The second kappa shape index (κ2) is 5.18. The molecule has 1 aliphatic carbocycles. The van der Waals surface area contributed by atoms with Crippen LogP contribution >= 0.6 is 0 Å². The van der Waals surface area contributed by atoms with E-state index in [9.17, 15) is 13.2 Å². The van der Waals surface area contributed by atoms with Crippen molar-refractivity contribution in [1.82, 2.24) is 4.98 Å². The van der Waals surface area contributed by atoms with Crippen molar-refractivity contribution in [3.8, 4) is 11.5 Å². The molecule has 0 aliphatic heterocycles. The van der Waals surface area contributed by atoms with Crippen LogP contribution in [0, 0.1) is 5.92 Å². The quantitative estimate of drug-likeness (QED) is 0.923. The molecule has 2 aromatic rings. The maximum Gasteiger partial charge on any atom is 0.416 e. The normalized spacial score (nSPS) is 18.6. The maximum absolute atomic E-state index is 12.7. The third-order valence-corrected chi connectivity index (χ3v) is 3.81. The van der Waals surface area contributed by atoms with Crippen molar-refractivity contribution in [1.29, 1.82) is 0 Å². The third-order valence-electron chi connectivity index (χ3n) is 3.81. The number of nitrogens with zero attached hydrogens (tertiary/aromatic N) is 1. The van der Waals surface area contributed by atoms with Gasteiger partial charge < -0.3 is 10.2 Å². The Morgan fingerprint density at radius 2 is 2.14 bits per heavy atom. The first-order valence-corrected chi connectivity index (χ1v) is 6.83. The fourth-order valence-corrected chi connectivity index (χ4v) is 2.60. The van der Waals surface area contributed by atoms with Gasteiger partial charge in [-0.2, -0.15) is 13.2 Å². The van der Waals surface area contributed by atoms with Crippen molar-refractivity contribution in [2.45, 2.75) is 25.4 Å². The first-order valence-electron chi connectivity index (χ1n) is 6.83. The van der Waals surface area contributed by atoms with Gasteiger partial charge in [0.1, 0.15) is 5.76 Å². The molecule has 3 rings (SSSR count). The zero-order chi connectivity index (χ0) is 15.0. The molecule has 0 saturated carbocycles. The Hall–Kier alpha value is -1.82. The second-order valence-electron chi connectivity index (χ2n) is 5.31. The average molecular weight is 296 g/mol. The summed E-state index contributed by atoms with van der Waals surface area (Å²) < 4.78 is 43.9. The highest BCUT2D eigenvalue weighted by Gasteiger charge is 2.31. The molecule has 2 N–H and O–H groups in total. The molecule has 1 aromatic carbocycles. The van der Waals surface area contributed by atoms with Gasteiger partial charge in [-0.15, -0.1) is 0 Å². The minimum atomic E-state index is -4.37. The average Bonchev–Trinajstić information content (AvgIpc) is 2.89. The molecule has 112 valence electrons. The van der Waals surface area contributed by atoms with Crippen LogP contribution in [0.4, 0.5) is 13.2 Å². The number of fused-ring (bicyclic) bond motifs is 1. The monoisotopic (exact) mass is 296 g/mol. The molecule has 21 heavy (non-hydrogen) atoms. The molecule has 1 aromatic heterocycles. The first kappa shape index (κ1) is 14.1. The van der Waals surface area contributed by atoms with Crippen LogP contribution in [0.15, 0.2) is 28.7 Å². The van der Waals surface area contributed by atoms with Gasteiger partial charge >= 0.3 is 6.18 Å². The van der Waals surface area contributed by atoms with E-state index < -0.39 is 11.7 Å². The Morgan fingerprint density at radius 1 is 1.33 bits per heavy atom. The number of oxazole rings is 1. The summed E-state index contributed by atoms with van der Waals surface area (Å²) in [6, 6.07) is 5.05. The largest absolute Gasteiger partial charge is 0.441 e. The summed E-state index contributed by atoms with van der Waals surface area (Å²) in [5.74, 6) is 1.37. The lowest BCUT2D eigenvalue weighted by atomic mass is 9.91. The number of hydrogen-bond acceptors (Lipinski definition) is 3. The predicted octanol–water partition coefficient (Wildman–Crippen LogP) is 3.42. The van der Waals surface area contributed by atoms with Gasteiger partial charge in [0.2, 0.25) is 5.89 Å². The number of aromatic nitrogens is 1. The van der Waals surface area contributed by atoms with Gasteiger partial charge in [-0.05, 0) is 43.5 Å². The van der Waals surface area contributed by atoms with Gasteiger partial charge in [-0.3, -0.25) is 0 Å². The van der Waals surface area contributed by atoms with Crippen molar-refractivity contribution in [2.24, 2.45) is 11.7 Å². The minimum Gasteiger partial charge on any atom is -0.441 e. The Kier molecular flexibility index (Phi) is 3.49. The van der Waals surface area contributed by atoms with E-state index in [-0.39, 0.29) is 5.89 Å². The zero-order valence-corrected chi connectivity index (χ0v) is 11.3. The molecule has 0 spiro atoms. The Balaban J connectivity index is 1.94. The van der Waals surface area contributed by atoms with E-state index in [1.165, 1.54) is 6.07 Å². The van der Waals surface area contributed by atoms with E-state index in [4.69, 9.17) is 10.2 Å². The lowest BCUT2D eigenvalue weighted by molar-refractivity contribution is -0.137. The van der Waals surface area contributed by atoms with Gasteiger partial charge in [0.25, 0.3) is 0 Å². The van der Waals surface area contributed by atoms with Crippen LogP contribution < -0.4 is 5.73 Å². The number of aryl methyl sites for hydroxylation is 1. The van der Waals surface area contributed by atoms with E-state index in [1.807, 2.05) is 0 Å². The molecule has 1 heterocycles. The lowest BCUT2D eigenvalue weighted by Gasteiger charge is -2.17. The molecular formula is C15H15F3N2O. The molecule has 0 saturated heterocycles. The summed E-state index contributed by atoms with van der Waals surface area (Å²) in [5, 5.41) is 0. The van der Waals surface area contributed by atoms with Gasteiger partial charge in [-0.25, -0.2) is 4.98 Å². The van der Waals surface area contributed by atoms with E-state index >= 15 is 0 Å². The highest BCUT2D eigenvalue weighted by atomic mass is 19.4. The lowest BCUT2D eigenvalue weighted by Crippen LogP contribution is -2.21. The Bertz CT molecular complexity index is 649. The van der Waals surface area contributed by atoms with Crippen molar-refractivity contribution in [3.05, 3.63) is 41.3 Å². The molecule has 3 nitrogen and oxygen atoms in total. The van der Waals surface area contributed by atoms with E-state index in [2.05, 4.69) is 4.98 Å². The third kappa shape index (κ3) is 2.81. The summed E-state index contributed by atoms with van der Waals surface area (Å²) in [4.78, 5) is 4.34. The molecule has 6 heteroatoms. The van der Waals surface area contributed by atoms with Crippen LogP contribution in [0.3, 0.4) is 0 Å². The summed E-state index contributed by atoms with van der Waals surface area (Å²) >= 11 is 0. The number of alkyl halides is 3. The van der Waals surface area contributed by atoms with Crippen molar-refractivity contribution >= 4 is 0 Å². The first-order chi connectivity index (χ1) is 9.97. The summed E-state index contributed by atoms with van der Waals surface area (Å²) in [6.07, 6.45) is -1.96. The summed E-state index contributed by atoms with van der Waals surface area (Å²) in [6.45, 7) is 0.582. The predicted molar refractivity (Wildman–Crippen MR) is 71.5 cm³/mol. The number of hydrogen-bond donors (Lipinski definition) is 1. The van der Waals surface area contributed by atoms with E-state index in [1.54, 1.807) is 6.07 Å². The van der Waals surface area contributed by atoms with Crippen LogP contribution in [0.25, 0.3) is 11.5 Å². The van der Waals surface area contributed by atoms with Crippen LogP contribution in [-0.4, -0.2) is 11.5 Å². The van der Waals surface area contributed by atoms with Gasteiger partial charge in [0, 0.05) is 12.0 Å². The standard InChI is InChI=1S/C15H15F3N2O/c16-15(17,18)11-3-1-2-10(7-11)14-20-12-5-4-9(8-19)6-13(12)21-14/h1-3,7,9H,4-6,8,19H2. The number of halogens is 3. The molecule has 0 amide bonds. The Labute approximate surface area is 120 Å². The van der Waals surface area contributed by atoms with Crippen LogP contribution in [0.5, 0.6) is 0 Å². The van der Waals surface area contributed by atoms with Gasteiger partial charge in [0.05, 0.1) is 11.3 Å². The fourth-order valence-electron chi connectivity index (χ4n) is 2.60. The SMILES string of the molecule is NCC1CCc2nc(-c3cccc(C(F)(F)F)c3)oc2C1. The molecule has 0 bridgehead atoms. The van der Waals surface area contributed by atoms with Crippen molar-refractivity contribution in [3.63, 3.8) is 0 Å². The highest BCUT2D eigenvalue weighted by molar-refractivity contribution is 5.55. The number of rotatable bonds is 2. The van der Waals surface area contributed by atoms with Crippen molar-refractivity contribution in [2.75, 3.05) is 6.54 Å². The zero-order valence-electron chi connectivity index (χ0n) is 11.3. The molecule has 0 radical (unpaired) electrons. The maximum atomic E-state index is 12.7. The Morgan fingerprint density at radius 3 is 2.86 bits per heavy atom. The molecule has 1 aliphatic rings. The van der Waals surface area contributed by atoms with E-state index in [0.29, 0.717) is 24.4 Å². The topological polar surface area (TPSA) is 52.0 Å². The smallest absolute Gasteiger partial charge is 0.416 e. The molecular weight excluding hydrogens is 281 g/mol. The fraction of sp³-hybridized carbons (Fsp3) is 0.400. The number of benzene rings is 1.